The van der Waals surface area contributed by atoms with Crippen LogP contribution in [0.25, 0.3) is 0 Å². The first-order chi connectivity index (χ1) is 6.11. The average Bonchev–Trinajstić information content (AvgIpc) is 2.04. The van der Waals surface area contributed by atoms with E-state index in [0.29, 0.717) is 19.6 Å². The van der Waals surface area contributed by atoms with E-state index in [1.807, 2.05) is 13.8 Å². The number of carbonyl (C=O) groups excluding carboxylic acids is 1. The summed E-state index contributed by atoms with van der Waals surface area (Å²) >= 11 is 3.39. The molecule has 78 valence electrons. The smallest absolute Gasteiger partial charge is 0.308 e. The number of ether oxygens (including phenoxy) is 2. The topological polar surface area (TPSA) is 35.5 Å². The quantitative estimate of drug-likeness (QED) is 0.537. The molecular weight excluding hydrogens is 236 g/mol. The maximum atomic E-state index is 11.1. The molecule has 4 heteroatoms. The van der Waals surface area contributed by atoms with E-state index in [4.69, 9.17) is 9.47 Å². The van der Waals surface area contributed by atoms with Crippen molar-refractivity contribution < 1.29 is 14.3 Å². The minimum Gasteiger partial charge on any atom is -0.466 e. The van der Waals surface area contributed by atoms with E-state index >= 15 is 0 Å². The number of halogens is 1. The van der Waals surface area contributed by atoms with Crippen molar-refractivity contribution in [2.45, 2.75) is 38.1 Å². The van der Waals surface area contributed by atoms with Gasteiger partial charge in [-0.1, -0.05) is 22.9 Å². The molecule has 2 unspecified atom stereocenters. The fourth-order valence-corrected chi connectivity index (χ4v) is 1.29. The Balaban J connectivity index is 3.86. The lowest BCUT2D eigenvalue weighted by Crippen LogP contribution is -2.26. The zero-order valence-electron chi connectivity index (χ0n) is 8.38. The van der Waals surface area contributed by atoms with Crippen molar-refractivity contribution in [3.8, 4) is 0 Å². The highest BCUT2D eigenvalue weighted by Crippen LogP contribution is 2.13. The van der Waals surface area contributed by atoms with Gasteiger partial charge in [-0.15, -0.1) is 0 Å². The Labute approximate surface area is 87.9 Å². The second-order valence-corrected chi connectivity index (χ2v) is 4.12. The van der Waals surface area contributed by atoms with Gasteiger partial charge in [0.1, 0.15) is 0 Å². The van der Waals surface area contributed by atoms with Crippen molar-refractivity contribution in [3.05, 3.63) is 0 Å². The van der Waals surface area contributed by atoms with Crippen LogP contribution in [-0.2, 0) is 14.3 Å². The highest BCUT2D eigenvalue weighted by molar-refractivity contribution is 9.09. The van der Waals surface area contributed by atoms with Gasteiger partial charge in [0.2, 0.25) is 0 Å². The first-order valence-corrected chi connectivity index (χ1v) is 5.44. The van der Waals surface area contributed by atoms with Gasteiger partial charge in [-0.3, -0.25) is 4.79 Å². The van der Waals surface area contributed by atoms with Gasteiger partial charge in [0, 0.05) is 11.4 Å². The molecule has 3 nitrogen and oxygen atoms in total. The van der Waals surface area contributed by atoms with Gasteiger partial charge >= 0.3 is 5.97 Å². The molecule has 0 radical (unpaired) electrons. The summed E-state index contributed by atoms with van der Waals surface area (Å²) in [6.45, 7) is 6.70. The lowest BCUT2D eigenvalue weighted by Gasteiger charge is -2.18. The molecular formula is C9H17BrO3. The molecule has 0 aliphatic heterocycles. The molecule has 0 spiro atoms. The van der Waals surface area contributed by atoms with Crippen LogP contribution in [0.15, 0.2) is 0 Å². The summed E-state index contributed by atoms with van der Waals surface area (Å²) in [6.07, 6.45) is 0.220. The maximum absolute atomic E-state index is 11.1. The number of hydrogen-bond donors (Lipinski definition) is 0. The van der Waals surface area contributed by atoms with Crippen LogP contribution in [0.3, 0.4) is 0 Å². The molecule has 13 heavy (non-hydrogen) atoms. The van der Waals surface area contributed by atoms with Crippen molar-refractivity contribution >= 4 is 21.9 Å². The Hall–Kier alpha value is -0.0900. The standard InChI is InChI=1S/C9H17BrO3/c1-4-12-8(7(3)10)6-9(11)13-5-2/h7-8H,4-6H2,1-3H3. The summed E-state index contributed by atoms with van der Waals surface area (Å²) < 4.78 is 10.2. The van der Waals surface area contributed by atoms with E-state index in [2.05, 4.69) is 15.9 Å². The molecule has 2 atom stereocenters. The fourth-order valence-electron chi connectivity index (χ4n) is 0.952. The molecule has 0 bridgehead atoms. The number of esters is 1. The van der Waals surface area contributed by atoms with Gasteiger partial charge in [-0.25, -0.2) is 0 Å². The predicted octanol–water partition coefficient (Wildman–Crippen LogP) is 2.13. The summed E-state index contributed by atoms with van der Waals surface area (Å²) in [6, 6.07) is 0. The van der Waals surface area contributed by atoms with Gasteiger partial charge in [0.15, 0.2) is 0 Å². The largest absolute Gasteiger partial charge is 0.466 e. The highest BCUT2D eigenvalue weighted by Gasteiger charge is 2.19. The highest BCUT2D eigenvalue weighted by atomic mass is 79.9. The van der Waals surface area contributed by atoms with Crippen LogP contribution in [0.2, 0.25) is 0 Å². The molecule has 0 saturated heterocycles. The Morgan fingerprint density at radius 1 is 1.38 bits per heavy atom. The molecule has 0 fully saturated rings. The summed E-state index contributed by atoms with van der Waals surface area (Å²) in [7, 11) is 0. The summed E-state index contributed by atoms with van der Waals surface area (Å²) in [5.41, 5.74) is 0. The summed E-state index contributed by atoms with van der Waals surface area (Å²) in [5.74, 6) is -0.202. The minimum atomic E-state index is -0.202. The summed E-state index contributed by atoms with van der Waals surface area (Å²) in [5, 5.41) is 0. The molecule has 0 saturated carbocycles. The maximum Gasteiger partial charge on any atom is 0.308 e. The second kappa shape index (κ2) is 7.33. The van der Waals surface area contributed by atoms with Crippen LogP contribution >= 0.6 is 15.9 Å². The Kier molecular flexibility index (Phi) is 7.28. The first kappa shape index (κ1) is 12.9. The molecule has 0 aromatic heterocycles. The van der Waals surface area contributed by atoms with E-state index in [1.54, 1.807) is 6.92 Å². The minimum absolute atomic E-state index is 0.0935. The molecule has 0 N–H and O–H groups in total. The van der Waals surface area contributed by atoms with Gasteiger partial charge in [-0.05, 0) is 13.8 Å². The van der Waals surface area contributed by atoms with E-state index < -0.39 is 0 Å². The molecule has 0 aliphatic rings. The number of alkyl halides is 1. The van der Waals surface area contributed by atoms with Gasteiger partial charge in [0.25, 0.3) is 0 Å². The van der Waals surface area contributed by atoms with Gasteiger partial charge < -0.3 is 9.47 Å². The molecule has 0 aromatic rings. The van der Waals surface area contributed by atoms with E-state index in [9.17, 15) is 4.79 Å². The molecule has 0 rings (SSSR count). The monoisotopic (exact) mass is 252 g/mol. The van der Waals surface area contributed by atoms with Gasteiger partial charge in [0.05, 0.1) is 19.1 Å². The van der Waals surface area contributed by atoms with Crippen molar-refractivity contribution in [2.75, 3.05) is 13.2 Å². The predicted molar refractivity (Wildman–Crippen MR) is 55.1 cm³/mol. The zero-order valence-corrected chi connectivity index (χ0v) is 9.96. The van der Waals surface area contributed by atoms with Crippen LogP contribution in [0, 0.1) is 0 Å². The van der Waals surface area contributed by atoms with Crippen LogP contribution < -0.4 is 0 Å². The van der Waals surface area contributed by atoms with Crippen molar-refractivity contribution in [1.29, 1.82) is 0 Å². The third-order valence-electron chi connectivity index (χ3n) is 1.57. The van der Waals surface area contributed by atoms with Crippen LogP contribution in [0.1, 0.15) is 27.2 Å². The Morgan fingerprint density at radius 3 is 2.38 bits per heavy atom. The SMILES string of the molecule is CCOC(=O)CC(OCC)C(C)Br. The van der Waals surface area contributed by atoms with Gasteiger partial charge in [-0.2, -0.15) is 0 Å². The van der Waals surface area contributed by atoms with Crippen molar-refractivity contribution in [3.63, 3.8) is 0 Å². The number of carbonyl (C=O) groups is 1. The molecule has 0 aliphatic carbocycles. The average molecular weight is 253 g/mol. The lowest BCUT2D eigenvalue weighted by molar-refractivity contribution is -0.146. The number of rotatable bonds is 6. The normalized spacial score (nSPS) is 15.1. The molecule has 0 heterocycles. The van der Waals surface area contributed by atoms with Crippen LogP contribution in [-0.4, -0.2) is 30.1 Å². The van der Waals surface area contributed by atoms with E-state index in [0.717, 1.165) is 0 Å². The van der Waals surface area contributed by atoms with Crippen molar-refractivity contribution in [2.24, 2.45) is 0 Å². The lowest BCUT2D eigenvalue weighted by atomic mass is 10.2. The fraction of sp³-hybridized carbons (Fsp3) is 0.889. The van der Waals surface area contributed by atoms with Crippen molar-refractivity contribution in [1.82, 2.24) is 0 Å². The van der Waals surface area contributed by atoms with E-state index in [-0.39, 0.29) is 16.9 Å². The first-order valence-electron chi connectivity index (χ1n) is 4.53. The van der Waals surface area contributed by atoms with Crippen LogP contribution in [0.5, 0.6) is 0 Å². The molecule has 0 amide bonds. The zero-order chi connectivity index (χ0) is 10.3. The second-order valence-electron chi connectivity index (χ2n) is 2.68. The Bertz CT molecular complexity index is 148. The molecule has 0 aromatic carbocycles. The third-order valence-corrected chi connectivity index (χ3v) is 2.16. The number of hydrogen-bond acceptors (Lipinski definition) is 3. The van der Waals surface area contributed by atoms with E-state index in [1.165, 1.54) is 0 Å². The van der Waals surface area contributed by atoms with Crippen LogP contribution in [0.4, 0.5) is 0 Å². The Morgan fingerprint density at radius 2 is 2.00 bits per heavy atom. The third kappa shape index (κ3) is 6.05. The summed E-state index contributed by atoms with van der Waals surface area (Å²) in [4.78, 5) is 11.3.